The van der Waals surface area contributed by atoms with Gasteiger partial charge in [0.15, 0.2) is 0 Å². The first-order valence-electron chi connectivity index (χ1n) is 4.58. The number of hydrogen-bond donors (Lipinski definition) is 2. The van der Waals surface area contributed by atoms with Crippen LogP contribution in [0.5, 0.6) is 5.75 Å². The van der Waals surface area contributed by atoms with Gasteiger partial charge < -0.3 is 15.4 Å². The lowest BCUT2D eigenvalue weighted by atomic mass is 10.1. The summed E-state index contributed by atoms with van der Waals surface area (Å²) in [5.74, 6) is 0.784. The molecular formula is C10H11BrN2O2. The smallest absolute Gasteiger partial charge is 0.315 e. The molecule has 1 aromatic rings. The van der Waals surface area contributed by atoms with Crippen LogP contribution >= 0.6 is 15.9 Å². The first kappa shape index (κ1) is 10.3. The van der Waals surface area contributed by atoms with Gasteiger partial charge in [0, 0.05) is 16.6 Å². The third-order valence-corrected chi connectivity index (χ3v) is 2.83. The third kappa shape index (κ3) is 2.07. The van der Waals surface area contributed by atoms with Gasteiger partial charge in [0.2, 0.25) is 0 Å². The number of nitrogens with one attached hydrogen (secondary N) is 2. The maximum Gasteiger partial charge on any atom is 0.315 e. The minimum absolute atomic E-state index is 0.0232. The van der Waals surface area contributed by atoms with Crippen LogP contribution in [0.1, 0.15) is 11.6 Å². The zero-order valence-corrected chi connectivity index (χ0v) is 9.80. The maximum atomic E-state index is 11.0. The highest BCUT2D eigenvalue weighted by Crippen LogP contribution is 2.29. The lowest BCUT2D eigenvalue weighted by Crippen LogP contribution is -2.21. The van der Waals surface area contributed by atoms with Crippen LogP contribution in [0.3, 0.4) is 0 Å². The van der Waals surface area contributed by atoms with Crippen molar-refractivity contribution in [1.82, 2.24) is 10.6 Å². The van der Waals surface area contributed by atoms with Crippen molar-refractivity contribution in [1.29, 1.82) is 0 Å². The zero-order valence-electron chi connectivity index (χ0n) is 8.21. The Bertz CT molecular complexity index is 395. The van der Waals surface area contributed by atoms with Gasteiger partial charge in [-0.2, -0.15) is 0 Å². The van der Waals surface area contributed by atoms with Crippen LogP contribution in [0.2, 0.25) is 0 Å². The van der Waals surface area contributed by atoms with E-state index in [9.17, 15) is 4.79 Å². The number of rotatable bonds is 2. The van der Waals surface area contributed by atoms with E-state index in [1.165, 1.54) is 0 Å². The van der Waals surface area contributed by atoms with E-state index in [0.29, 0.717) is 6.54 Å². The van der Waals surface area contributed by atoms with Crippen LogP contribution in [0, 0.1) is 0 Å². The van der Waals surface area contributed by atoms with Gasteiger partial charge in [-0.25, -0.2) is 4.79 Å². The molecule has 0 radical (unpaired) electrons. The molecule has 1 saturated heterocycles. The number of methoxy groups -OCH3 is 1. The summed E-state index contributed by atoms with van der Waals surface area (Å²) in [6, 6.07) is 5.58. The number of halogens is 1. The average molecular weight is 271 g/mol. The van der Waals surface area contributed by atoms with E-state index in [1.54, 1.807) is 7.11 Å². The Morgan fingerprint density at radius 3 is 2.93 bits per heavy atom. The molecule has 0 bridgehead atoms. The van der Waals surface area contributed by atoms with Gasteiger partial charge in [0.25, 0.3) is 0 Å². The Hall–Kier alpha value is -1.23. The lowest BCUT2D eigenvalue weighted by molar-refractivity contribution is 0.247. The van der Waals surface area contributed by atoms with Crippen molar-refractivity contribution < 1.29 is 9.53 Å². The van der Waals surface area contributed by atoms with Crippen LogP contribution in [0.15, 0.2) is 22.7 Å². The van der Waals surface area contributed by atoms with Crippen molar-refractivity contribution in [2.75, 3.05) is 13.7 Å². The fraction of sp³-hybridized carbons (Fsp3) is 0.300. The summed E-state index contributed by atoms with van der Waals surface area (Å²) in [4.78, 5) is 11.0. The number of hydrogen-bond acceptors (Lipinski definition) is 2. The van der Waals surface area contributed by atoms with E-state index in [4.69, 9.17) is 4.74 Å². The van der Waals surface area contributed by atoms with Crippen LogP contribution in [0.4, 0.5) is 4.79 Å². The molecule has 1 aliphatic heterocycles. The number of urea groups is 1. The Morgan fingerprint density at radius 1 is 1.53 bits per heavy atom. The summed E-state index contributed by atoms with van der Waals surface area (Å²) >= 11 is 3.40. The van der Waals surface area contributed by atoms with Crippen molar-refractivity contribution in [3.05, 3.63) is 28.2 Å². The summed E-state index contributed by atoms with van der Waals surface area (Å²) in [5.41, 5.74) is 0.977. The lowest BCUT2D eigenvalue weighted by Gasteiger charge is -2.13. The molecule has 1 heterocycles. The van der Waals surface area contributed by atoms with Crippen LogP contribution < -0.4 is 15.4 Å². The Balaban J connectivity index is 2.33. The van der Waals surface area contributed by atoms with E-state index in [0.717, 1.165) is 15.8 Å². The minimum Gasteiger partial charge on any atom is -0.496 e. The molecule has 1 aliphatic rings. The van der Waals surface area contributed by atoms with Crippen molar-refractivity contribution in [3.63, 3.8) is 0 Å². The highest BCUT2D eigenvalue weighted by molar-refractivity contribution is 9.10. The predicted molar refractivity (Wildman–Crippen MR) is 60.0 cm³/mol. The fourth-order valence-electron chi connectivity index (χ4n) is 1.62. The van der Waals surface area contributed by atoms with Gasteiger partial charge in [-0.05, 0) is 18.2 Å². The number of carbonyl (C=O) groups is 1. The molecule has 1 fully saturated rings. The quantitative estimate of drug-likeness (QED) is 0.861. The van der Waals surface area contributed by atoms with E-state index in [-0.39, 0.29) is 12.1 Å². The fourth-order valence-corrected chi connectivity index (χ4v) is 2.00. The second kappa shape index (κ2) is 4.10. The van der Waals surface area contributed by atoms with Crippen molar-refractivity contribution in [3.8, 4) is 5.75 Å². The van der Waals surface area contributed by atoms with Gasteiger partial charge in [0.05, 0.1) is 13.2 Å². The highest BCUT2D eigenvalue weighted by Gasteiger charge is 2.24. The summed E-state index contributed by atoms with van der Waals surface area (Å²) < 4.78 is 6.22. The molecule has 5 heteroatoms. The predicted octanol–water partition coefficient (Wildman–Crippen LogP) is 1.81. The van der Waals surface area contributed by atoms with Gasteiger partial charge in [-0.15, -0.1) is 0 Å². The van der Waals surface area contributed by atoms with Crippen molar-refractivity contribution >= 4 is 22.0 Å². The molecule has 2 amide bonds. The number of ether oxygens (including phenoxy) is 1. The van der Waals surface area contributed by atoms with E-state index >= 15 is 0 Å². The first-order chi connectivity index (χ1) is 7.20. The number of carbonyl (C=O) groups excluding carboxylic acids is 1. The number of benzene rings is 1. The molecule has 1 atom stereocenters. The Kier molecular flexibility index (Phi) is 2.81. The second-order valence-corrected chi connectivity index (χ2v) is 4.21. The van der Waals surface area contributed by atoms with Gasteiger partial charge in [-0.3, -0.25) is 0 Å². The molecule has 80 valence electrons. The monoisotopic (exact) mass is 270 g/mol. The topological polar surface area (TPSA) is 50.4 Å². The van der Waals surface area contributed by atoms with Crippen molar-refractivity contribution in [2.24, 2.45) is 0 Å². The largest absolute Gasteiger partial charge is 0.496 e. The Labute approximate surface area is 96.1 Å². The summed E-state index contributed by atoms with van der Waals surface area (Å²) in [5, 5.41) is 5.54. The average Bonchev–Trinajstić information content (AvgIpc) is 2.65. The molecule has 0 saturated carbocycles. The molecule has 0 unspecified atom stereocenters. The summed E-state index contributed by atoms with van der Waals surface area (Å²) in [6.45, 7) is 0.589. The summed E-state index contributed by atoms with van der Waals surface area (Å²) in [6.07, 6.45) is 0. The first-order valence-corrected chi connectivity index (χ1v) is 5.38. The number of amides is 2. The molecule has 0 spiro atoms. The molecule has 2 rings (SSSR count). The molecule has 0 aliphatic carbocycles. The van der Waals surface area contributed by atoms with Crippen LogP contribution in [-0.4, -0.2) is 19.7 Å². The SMILES string of the molecule is COc1ccc(Br)cc1[C@H]1CNC(=O)N1. The van der Waals surface area contributed by atoms with E-state index < -0.39 is 0 Å². The normalized spacial score (nSPS) is 19.6. The standard InChI is InChI=1S/C10H11BrN2O2/c1-15-9-3-2-6(11)4-7(9)8-5-12-10(14)13-8/h2-4,8H,5H2,1H3,(H2,12,13,14)/t8-/m1/s1. The summed E-state index contributed by atoms with van der Waals surface area (Å²) in [7, 11) is 1.62. The molecule has 4 nitrogen and oxygen atoms in total. The van der Waals surface area contributed by atoms with Gasteiger partial charge >= 0.3 is 6.03 Å². The molecule has 0 aromatic heterocycles. The van der Waals surface area contributed by atoms with Crippen molar-refractivity contribution in [2.45, 2.75) is 6.04 Å². The van der Waals surface area contributed by atoms with Gasteiger partial charge in [-0.1, -0.05) is 15.9 Å². The molecule has 2 N–H and O–H groups in total. The van der Waals surface area contributed by atoms with E-state index in [2.05, 4.69) is 26.6 Å². The van der Waals surface area contributed by atoms with Crippen LogP contribution in [0.25, 0.3) is 0 Å². The van der Waals surface area contributed by atoms with Crippen LogP contribution in [-0.2, 0) is 0 Å². The zero-order chi connectivity index (χ0) is 10.8. The molecule has 1 aromatic carbocycles. The second-order valence-electron chi connectivity index (χ2n) is 3.29. The minimum atomic E-state index is -0.137. The van der Waals surface area contributed by atoms with E-state index in [1.807, 2.05) is 18.2 Å². The Morgan fingerprint density at radius 2 is 2.33 bits per heavy atom. The maximum absolute atomic E-state index is 11.0. The third-order valence-electron chi connectivity index (χ3n) is 2.34. The molecule has 15 heavy (non-hydrogen) atoms. The highest BCUT2D eigenvalue weighted by atomic mass is 79.9. The molecular weight excluding hydrogens is 260 g/mol. The van der Waals surface area contributed by atoms with Gasteiger partial charge in [0.1, 0.15) is 5.75 Å².